The van der Waals surface area contributed by atoms with Gasteiger partial charge in [0.15, 0.2) is 0 Å². The van der Waals surface area contributed by atoms with Crippen molar-refractivity contribution in [1.29, 1.82) is 0 Å². The number of hydrogen-bond donors (Lipinski definition) is 2. The maximum absolute atomic E-state index is 11.7. The van der Waals surface area contributed by atoms with E-state index >= 15 is 0 Å². The Hall–Kier alpha value is -1.62. The van der Waals surface area contributed by atoms with Crippen molar-refractivity contribution in [2.24, 2.45) is 0 Å². The summed E-state index contributed by atoms with van der Waals surface area (Å²) in [5.41, 5.74) is 1.68. The minimum Gasteiger partial charge on any atom is -0.444 e. The van der Waals surface area contributed by atoms with Crippen LogP contribution >= 0.6 is 11.8 Å². The molecule has 0 radical (unpaired) electrons. The van der Waals surface area contributed by atoms with Crippen LogP contribution < -0.4 is 10.6 Å². The highest BCUT2D eigenvalue weighted by molar-refractivity contribution is 7.99. The molecule has 0 aliphatic rings. The fourth-order valence-electron chi connectivity index (χ4n) is 1.62. The molecule has 1 amide bonds. The van der Waals surface area contributed by atoms with Gasteiger partial charge in [-0.05, 0) is 32.1 Å². The van der Waals surface area contributed by atoms with Gasteiger partial charge in [0.05, 0.1) is 0 Å². The number of hydrogen-bond acceptors (Lipinski definition) is 4. The first-order chi connectivity index (χ1) is 10.4. The van der Waals surface area contributed by atoms with Crippen LogP contribution in [0, 0.1) is 0 Å². The Morgan fingerprint density at radius 1 is 1.27 bits per heavy atom. The summed E-state index contributed by atoms with van der Waals surface area (Å²) in [6.07, 6.45) is 1.26. The van der Waals surface area contributed by atoms with Gasteiger partial charge in [-0.15, -0.1) is 0 Å². The molecule has 0 unspecified atom stereocenters. The summed E-state index contributed by atoms with van der Waals surface area (Å²) < 4.78 is 5.23. The van der Waals surface area contributed by atoms with Gasteiger partial charge in [-0.3, -0.25) is 5.32 Å². The number of nitrogens with one attached hydrogen (secondary N) is 2. The van der Waals surface area contributed by atoms with E-state index in [-0.39, 0.29) is 0 Å². The highest BCUT2D eigenvalue weighted by Crippen LogP contribution is 2.08. The molecule has 122 valence electrons. The Morgan fingerprint density at radius 3 is 2.55 bits per heavy atom. The van der Waals surface area contributed by atoms with Gasteiger partial charge >= 0.3 is 6.09 Å². The van der Waals surface area contributed by atoms with Gasteiger partial charge in [0.1, 0.15) is 5.60 Å². The molecule has 2 N–H and O–H groups in total. The molecule has 1 aromatic rings. The molecule has 0 aliphatic heterocycles. The second-order valence-electron chi connectivity index (χ2n) is 5.79. The van der Waals surface area contributed by atoms with E-state index in [0.717, 1.165) is 23.7 Å². The molecule has 0 aliphatic carbocycles. The number of benzene rings is 1. The molecular formula is C17H26N2O2S. The van der Waals surface area contributed by atoms with Crippen LogP contribution in [0.1, 0.15) is 33.3 Å². The fourth-order valence-corrected chi connectivity index (χ4v) is 2.23. The van der Waals surface area contributed by atoms with Gasteiger partial charge in [0.25, 0.3) is 0 Å². The van der Waals surface area contributed by atoms with E-state index in [9.17, 15) is 4.79 Å². The molecule has 4 nitrogen and oxygen atoms in total. The molecule has 0 aromatic heterocycles. The van der Waals surface area contributed by atoms with Crippen molar-refractivity contribution >= 4 is 17.9 Å². The average molecular weight is 322 g/mol. The summed E-state index contributed by atoms with van der Waals surface area (Å²) in [6, 6.07) is 10.2. The highest BCUT2D eigenvalue weighted by Gasteiger charge is 2.15. The molecule has 0 bridgehead atoms. The zero-order chi connectivity index (χ0) is 16.4. The number of carbonyl (C=O) groups is 1. The maximum atomic E-state index is 11.7. The summed E-state index contributed by atoms with van der Waals surface area (Å²) in [5, 5.41) is 6.04. The molecule has 22 heavy (non-hydrogen) atoms. The number of alkyl carbamates (subject to hydrolysis) is 1. The largest absolute Gasteiger partial charge is 0.444 e. The molecule has 0 saturated carbocycles. The van der Waals surface area contributed by atoms with Crippen LogP contribution in [0.3, 0.4) is 0 Å². The predicted octanol–water partition coefficient (Wildman–Crippen LogP) is 3.90. The van der Waals surface area contributed by atoms with Crippen LogP contribution in [-0.4, -0.2) is 23.2 Å². The van der Waals surface area contributed by atoms with E-state index in [1.54, 1.807) is 18.0 Å². The summed E-state index contributed by atoms with van der Waals surface area (Å²) in [7, 11) is 0. The first kappa shape index (κ1) is 18.4. The number of thioether (sulfide) groups is 1. The summed E-state index contributed by atoms with van der Waals surface area (Å²) in [4.78, 5) is 11.7. The highest BCUT2D eigenvalue weighted by atomic mass is 32.2. The molecule has 1 aromatic carbocycles. The molecule has 0 heterocycles. The second kappa shape index (κ2) is 9.41. The lowest BCUT2D eigenvalue weighted by atomic mass is 10.2. The maximum Gasteiger partial charge on any atom is 0.411 e. The second-order valence-corrected chi connectivity index (χ2v) is 7.07. The molecule has 0 fully saturated rings. The van der Waals surface area contributed by atoms with Gasteiger partial charge in [-0.2, -0.15) is 11.8 Å². The van der Waals surface area contributed by atoms with Gasteiger partial charge in [0, 0.05) is 24.2 Å². The number of carbonyl (C=O) groups excluding carboxylic acids is 1. The van der Waals surface area contributed by atoms with Crippen LogP contribution in [0.15, 0.2) is 42.2 Å². The first-order valence-electron chi connectivity index (χ1n) is 7.45. The molecule has 5 heteroatoms. The zero-order valence-electron chi connectivity index (χ0n) is 13.8. The number of ether oxygens (including phenoxy) is 1. The predicted molar refractivity (Wildman–Crippen MR) is 93.7 cm³/mol. The molecule has 1 rings (SSSR count). The van der Waals surface area contributed by atoms with Gasteiger partial charge in [-0.25, -0.2) is 4.79 Å². The minimum absolute atomic E-state index is 0.437. The van der Waals surface area contributed by atoms with Crippen LogP contribution in [-0.2, 0) is 11.3 Å². The van der Waals surface area contributed by atoms with Gasteiger partial charge < -0.3 is 10.1 Å². The minimum atomic E-state index is -0.492. The van der Waals surface area contributed by atoms with Crippen molar-refractivity contribution < 1.29 is 9.53 Å². The quantitative estimate of drug-likeness (QED) is 0.799. The summed E-state index contributed by atoms with van der Waals surface area (Å²) >= 11 is 1.79. The monoisotopic (exact) mass is 322 g/mol. The molecule has 0 atom stereocenters. The van der Waals surface area contributed by atoms with Crippen molar-refractivity contribution in [2.45, 2.75) is 39.8 Å². The summed E-state index contributed by atoms with van der Waals surface area (Å²) in [5.74, 6) is 1.84. The van der Waals surface area contributed by atoms with Gasteiger partial charge in [0.2, 0.25) is 0 Å². The normalized spacial score (nSPS) is 11.9. The SMILES string of the molecule is CCSC/C(=C\NC(=O)OC(C)(C)C)NCc1ccccc1. The van der Waals surface area contributed by atoms with Crippen molar-refractivity contribution in [2.75, 3.05) is 11.5 Å². The van der Waals surface area contributed by atoms with Crippen molar-refractivity contribution in [3.8, 4) is 0 Å². The summed E-state index contributed by atoms with van der Waals surface area (Å²) in [6.45, 7) is 8.38. The van der Waals surface area contributed by atoms with Crippen LogP contribution in [0.25, 0.3) is 0 Å². The lowest BCUT2D eigenvalue weighted by Gasteiger charge is -2.19. The van der Waals surface area contributed by atoms with E-state index < -0.39 is 11.7 Å². The molecule has 0 spiro atoms. The third-order valence-electron chi connectivity index (χ3n) is 2.59. The Morgan fingerprint density at radius 2 is 1.95 bits per heavy atom. The van der Waals surface area contributed by atoms with E-state index in [1.165, 1.54) is 5.56 Å². The number of rotatable bonds is 7. The van der Waals surface area contributed by atoms with E-state index in [4.69, 9.17) is 4.74 Å². The topological polar surface area (TPSA) is 50.4 Å². The Balaban J connectivity index is 2.55. The first-order valence-corrected chi connectivity index (χ1v) is 8.60. The van der Waals surface area contributed by atoms with E-state index in [0.29, 0.717) is 0 Å². The van der Waals surface area contributed by atoms with E-state index in [2.05, 4.69) is 29.7 Å². The van der Waals surface area contributed by atoms with Crippen molar-refractivity contribution in [1.82, 2.24) is 10.6 Å². The van der Waals surface area contributed by atoms with Crippen molar-refractivity contribution in [3.63, 3.8) is 0 Å². The molecule has 0 saturated heterocycles. The lowest BCUT2D eigenvalue weighted by Crippen LogP contribution is -2.30. The third-order valence-corrected chi connectivity index (χ3v) is 3.51. The van der Waals surface area contributed by atoms with Crippen LogP contribution in [0.4, 0.5) is 4.79 Å². The van der Waals surface area contributed by atoms with Crippen molar-refractivity contribution in [3.05, 3.63) is 47.8 Å². The molecular weight excluding hydrogens is 296 g/mol. The Kier molecular flexibility index (Phi) is 7.88. The lowest BCUT2D eigenvalue weighted by molar-refractivity contribution is 0.0551. The fraction of sp³-hybridized carbons (Fsp3) is 0.471. The van der Waals surface area contributed by atoms with Crippen LogP contribution in [0.2, 0.25) is 0 Å². The third kappa shape index (κ3) is 8.62. The standard InChI is InChI=1S/C17H26N2O2S/c1-5-22-13-15(12-19-16(20)21-17(2,3)4)18-11-14-9-7-6-8-10-14/h6-10,12,18H,5,11,13H2,1-4H3,(H,19,20)/b15-12+. The van der Waals surface area contributed by atoms with Crippen LogP contribution in [0.5, 0.6) is 0 Å². The Labute approximate surface area is 137 Å². The number of amides is 1. The van der Waals surface area contributed by atoms with Gasteiger partial charge in [-0.1, -0.05) is 37.3 Å². The zero-order valence-corrected chi connectivity index (χ0v) is 14.6. The average Bonchev–Trinajstić information content (AvgIpc) is 2.45. The van der Waals surface area contributed by atoms with E-state index in [1.807, 2.05) is 39.0 Å². The smallest absolute Gasteiger partial charge is 0.411 e. The Bertz CT molecular complexity index is 481.